The molecule has 2 rings (SSSR count). The van der Waals surface area contributed by atoms with Crippen molar-refractivity contribution in [2.75, 3.05) is 19.7 Å². The van der Waals surface area contributed by atoms with Gasteiger partial charge >= 0.3 is 0 Å². The van der Waals surface area contributed by atoms with Crippen molar-refractivity contribution in [1.82, 2.24) is 4.90 Å². The third kappa shape index (κ3) is 7.14. The van der Waals surface area contributed by atoms with E-state index in [1.807, 2.05) is 31.2 Å². The molecule has 142 valence electrons. The van der Waals surface area contributed by atoms with Crippen LogP contribution in [0.15, 0.2) is 48.5 Å². The Morgan fingerprint density at radius 2 is 1.77 bits per heavy atom. The van der Waals surface area contributed by atoms with E-state index in [1.165, 1.54) is 12.1 Å². The minimum atomic E-state index is -0.581. The van der Waals surface area contributed by atoms with Gasteiger partial charge in [0.05, 0.1) is 0 Å². The summed E-state index contributed by atoms with van der Waals surface area (Å²) in [6.07, 6.45) is 0.467. The molecule has 0 fully saturated rings. The average molecular weight is 359 g/mol. The fraction of sp³-hybridized carbons (Fsp3) is 0.455. The maximum Gasteiger partial charge on any atom is 0.123 e. The number of hydrogen-bond donors (Lipinski definition) is 1. The molecule has 0 aromatic heterocycles. The summed E-state index contributed by atoms with van der Waals surface area (Å²) in [6.45, 7) is 8.72. The molecule has 0 aliphatic heterocycles. The highest BCUT2D eigenvalue weighted by atomic mass is 19.1. The first-order chi connectivity index (χ1) is 12.4. The van der Waals surface area contributed by atoms with Crippen molar-refractivity contribution in [3.8, 4) is 5.75 Å². The molecule has 4 heteroatoms. The van der Waals surface area contributed by atoms with E-state index in [0.717, 1.165) is 29.8 Å². The third-order valence-electron chi connectivity index (χ3n) is 4.34. The monoisotopic (exact) mass is 359 g/mol. The molecule has 0 spiro atoms. The molecule has 26 heavy (non-hydrogen) atoms. The van der Waals surface area contributed by atoms with Gasteiger partial charge in [0.2, 0.25) is 0 Å². The number of rotatable bonds is 10. The van der Waals surface area contributed by atoms with Gasteiger partial charge in [-0.05, 0) is 55.1 Å². The Morgan fingerprint density at radius 1 is 1.08 bits per heavy atom. The van der Waals surface area contributed by atoms with Gasteiger partial charge in [-0.3, -0.25) is 4.90 Å². The molecule has 0 radical (unpaired) electrons. The smallest absolute Gasteiger partial charge is 0.123 e. The van der Waals surface area contributed by atoms with Crippen molar-refractivity contribution < 1.29 is 14.2 Å². The van der Waals surface area contributed by atoms with Crippen LogP contribution in [-0.4, -0.2) is 35.8 Å². The quantitative estimate of drug-likeness (QED) is 0.681. The molecule has 2 aromatic rings. The number of halogens is 1. The number of aliphatic hydroxyl groups excluding tert-OH is 1. The van der Waals surface area contributed by atoms with Gasteiger partial charge in [0.1, 0.15) is 24.3 Å². The van der Waals surface area contributed by atoms with E-state index in [4.69, 9.17) is 4.74 Å². The highest BCUT2D eigenvalue weighted by Crippen LogP contribution is 2.17. The molecule has 0 saturated heterocycles. The predicted octanol–water partition coefficient (Wildman–Crippen LogP) is 4.42. The lowest BCUT2D eigenvalue weighted by Gasteiger charge is -2.26. The Balaban J connectivity index is 1.91. The Kier molecular flexibility index (Phi) is 8.07. The lowest BCUT2D eigenvalue weighted by atomic mass is 10.1. The van der Waals surface area contributed by atoms with Gasteiger partial charge < -0.3 is 9.84 Å². The maximum atomic E-state index is 13.1. The molecule has 1 unspecified atom stereocenters. The van der Waals surface area contributed by atoms with Crippen molar-refractivity contribution >= 4 is 0 Å². The van der Waals surface area contributed by atoms with Crippen molar-refractivity contribution in [2.45, 2.75) is 39.8 Å². The Bertz CT molecular complexity index is 657. The normalized spacial score (nSPS) is 12.6. The van der Waals surface area contributed by atoms with E-state index in [9.17, 15) is 9.50 Å². The first-order valence-electron chi connectivity index (χ1n) is 9.27. The molecule has 0 bridgehead atoms. The Hall–Kier alpha value is -1.91. The summed E-state index contributed by atoms with van der Waals surface area (Å²) < 4.78 is 18.9. The zero-order valence-electron chi connectivity index (χ0n) is 16.0. The summed E-state index contributed by atoms with van der Waals surface area (Å²) in [5.74, 6) is 1.17. The number of para-hydroxylation sites is 1. The van der Waals surface area contributed by atoms with Gasteiger partial charge in [0.25, 0.3) is 0 Å². The summed E-state index contributed by atoms with van der Waals surface area (Å²) >= 11 is 0. The Morgan fingerprint density at radius 3 is 2.42 bits per heavy atom. The molecule has 1 N–H and O–H groups in total. The van der Waals surface area contributed by atoms with Gasteiger partial charge in [-0.15, -0.1) is 0 Å². The maximum absolute atomic E-state index is 13.1. The number of ether oxygens (including phenoxy) is 1. The van der Waals surface area contributed by atoms with Crippen LogP contribution in [0.5, 0.6) is 5.75 Å². The number of hydrogen-bond acceptors (Lipinski definition) is 3. The fourth-order valence-corrected chi connectivity index (χ4v) is 2.78. The molecule has 3 nitrogen and oxygen atoms in total. The highest BCUT2D eigenvalue weighted by Gasteiger charge is 2.14. The minimum Gasteiger partial charge on any atom is -0.491 e. The summed E-state index contributed by atoms with van der Waals surface area (Å²) in [4.78, 5) is 2.21. The molecule has 0 heterocycles. The largest absolute Gasteiger partial charge is 0.491 e. The summed E-state index contributed by atoms with van der Waals surface area (Å²) in [7, 11) is 0. The lowest BCUT2D eigenvalue weighted by Crippen LogP contribution is -2.36. The molecular weight excluding hydrogens is 329 g/mol. The van der Waals surface area contributed by atoms with Crippen LogP contribution in [-0.2, 0) is 6.54 Å². The van der Waals surface area contributed by atoms with E-state index in [1.54, 1.807) is 12.1 Å². The first-order valence-corrected chi connectivity index (χ1v) is 9.27. The summed E-state index contributed by atoms with van der Waals surface area (Å²) in [5, 5.41) is 10.4. The van der Waals surface area contributed by atoms with Gasteiger partial charge in [-0.25, -0.2) is 4.39 Å². The second kappa shape index (κ2) is 10.3. The van der Waals surface area contributed by atoms with Gasteiger partial charge in [0.15, 0.2) is 0 Å². The standard InChI is InChI=1S/C22H30FNO2/c1-17(2)12-13-24(14-19-8-10-20(23)11-9-19)15-21(25)16-26-22-7-5-4-6-18(22)3/h4-11,17,21,25H,12-16H2,1-3H3. The lowest BCUT2D eigenvalue weighted by molar-refractivity contribution is 0.0637. The topological polar surface area (TPSA) is 32.7 Å². The van der Waals surface area contributed by atoms with Gasteiger partial charge in [-0.1, -0.05) is 44.2 Å². The fourth-order valence-electron chi connectivity index (χ4n) is 2.78. The number of aliphatic hydroxyl groups is 1. The van der Waals surface area contributed by atoms with Gasteiger partial charge in [0, 0.05) is 13.1 Å². The highest BCUT2D eigenvalue weighted by molar-refractivity contribution is 5.31. The molecule has 2 aromatic carbocycles. The van der Waals surface area contributed by atoms with Crippen molar-refractivity contribution in [3.63, 3.8) is 0 Å². The van der Waals surface area contributed by atoms with Crippen LogP contribution < -0.4 is 4.74 Å². The first kappa shape index (κ1) is 20.4. The molecular formula is C22H30FNO2. The zero-order chi connectivity index (χ0) is 18.9. The molecule has 0 aliphatic rings. The Labute approximate surface area is 156 Å². The summed E-state index contributed by atoms with van der Waals surface area (Å²) in [6, 6.07) is 14.4. The van der Waals surface area contributed by atoms with Crippen molar-refractivity contribution in [1.29, 1.82) is 0 Å². The molecule has 1 atom stereocenters. The van der Waals surface area contributed by atoms with Crippen LogP contribution in [0.2, 0.25) is 0 Å². The second-order valence-electron chi connectivity index (χ2n) is 7.27. The van der Waals surface area contributed by atoms with Crippen LogP contribution in [0.1, 0.15) is 31.4 Å². The van der Waals surface area contributed by atoms with E-state index in [0.29, 0.717) is 19.0 Å². The van der Waals surface area contributed by atoms with Crippen LogP contribution in [0.3, 0.4) is 0 Å². The van der Waals surface area contributed by atoms with Gasteiger partial charge in [-0.2, -0.15) is 0 Å². The number of nitrogens with zero attached hydrogens (tertiary/aromatic N) is 1. The number of aryl methyl sites for hydroxylation is 1. The predicted molar refractivity (Wildman–Crippen MR) is 104 cm³/mol. The van der Waals surface area contributed by atoms with Crippen LogP contribution >= 0.6 is 0 Å². The van der Waals surface area contributed by atoms with E-state index in [-0.39, 0.29) is 12.4 Å². The minimum absolute atomic E-state index is 0.228. The molecule has 0 aliphatic carbocycles. The summed E-state index contributed by atoms with van der Waals surface area (Å²) in [5.41, 5.74) is 2.10. The third-order valence-corrected chi connectivity index (χ3v) is 4.34. The van der Waals surface area contributed by atoms with Crippen molar-refractivity contribution in [3.05, 3.63) is 65.5 Å². The molecule has 0 amide bonds. The van der Waals surface area contributed by atoms with E-state index >= 15 is 0 Å². The molecule has 0 saturated carbocycles. The number of benzene rings is 2. The SMILES string of the molecule is Cc1ccccc1OCC(O)CN(CCC(C)C)Cc1ccc(F)cc1. The van der Waals surface area contributed by atoms with E-state index in [2.05, 4.69) is 18.7 Å². The van der Waals surface area contributed by atoms with Crippen LogP contribution in [0, 0.1) is 18.7 Å². The average Bonchev–Trinajstić information content (AvgIpc) is 2.61. The van der Waals surface area contributed by atoms with Crippen LogP contribution in [0.4, 0.5) is 4.39 Å². The second-order valence-corrected chi connectivity index (χ2v) is 7.27. The van der Waals surface area contributed by atoms with Crippen LogP contribution in [0.25, 0.3) is 0 Å². The van der Waals surface area contributed by atoms with E-state index < -0.39 is 6.10 Å². The van der Waals surface area contributed by atoms with Crippen molar-refractivity contribution in [2.24, 2.45) is 5.92 Å². The zero-order valence-corrected chi connectivity index (χ0v) is 16.0.